The van der Waals surface area contributed by atoms with E-state index in [2.05, 4.69) is 20.4 Å². The number of anilines is 1. The zero-order chi connectivity index (χ0) is 31.1. The van der Waals surface area contributed by atoms with Crippen molar-refractivity contribution in [3.63, 3.8) is 0 Å². The number of nitrogens with one attached hydrogen (secondary N) is 1. The van der Waals surface area contributed by atoms with Crippen LogP contribution < -0.4 is 11.1 Å². The fourth-order valence-electron chi connectivity index (χ4n) is 4.24. The molecule has 2 amide bonds. The first kappa shape index (κ1) is 31.5. The van der Waals surface area contributed by atoms with Gasteiger partial charge in [-0.2, -0.15) is 0 Å². The van der Waals surface area contributed by atoms with E-state index in [0.717, 1.165) is 16.9 Å². The smallest absolute Gasteiger partial charge is 0.431 e. The molecule has 43 heavy (non-hydrogen) atoms. The first-order valence-electron chi connectivity index (χ1n) is 13.2. The number of oxime groups is 1. The molecule has 228 valence electrons. The fraction of sp³-hybridized carbons (Fsp3) is 0.370. The summed E-state index contributed by atoms with van der Waals surface area (Å²) in [6, 6.07) is 2.53. The molecular formula is C27H30N6O8S2. The van der Waals surface area contributed by atoms with Crippen molar-refractivity contribution in [2.24, 2.45) is 5.16 Å². The molecule has 0 aromatic carbocycles. The highest BCUT2D eigenvalue weighted by Gasteiger charge is 2.54. The normalized spacial score (nSPS) is 19.1. The molecule has 0 radical (unpaired) electrons. The molecule has 0 saturated carbocycles. The Morgan fingerprint density at radius 3 is 2.65 bits per heavy atom. The Morgan fingerprint density at radius 1 is 1.26 bits per heavy atom. The molecule has 4 rings (SSSR count). The van der Waals surface area contributed by atoms with Crippen LogP contribution in [0.25, 0.3) is 6.08 Å². The average Bonchev–Trinajstić information content (AvgIpc) is 3.43. The standard InChI is InChI=1S/C27H30N6O8S2/c1-4-17(5-2)41-27(37)40-14(3)39-25(36)21-16(9-8-15-7-6-10-29-11-15)12-42-24-20(23(35)33(21)24)31-22(34)19(32-38)18-13-43-26(28)30-18/h6-11,13-14,17,20,24,38H,4-5,12H2,1-3H3,(H2,28,30)(H,31,34)/b9-8-,32-19?/t14-,20+,24-/m0/s1. The Balaban J connectivity index is 1.53. The first-order valence-corrected chi connectivity index (χ1v) is 15.2. The number of carbonyl (C=O) groups excluding carboxylic acids is 4. The zero-order valence-electron chi connectivity index (χ0n) is 23.5. The first-order chi connectivity index (χ1) is 20.7. The molecule has 3 atom stereocenters. The third kappa shape index (κ3) is 7.32. The number of hydrogen-bond donors (Lipinski definition) is 3. The van der Waals surface area contributed by atoms with Crippen LogP contribution in [-0.4, -0.2) is 79.3 Å². The van der Waals surface area contributed by atoms with Gasteiger partial charge in [0, 0.05) is 30.5 Å². The molecule has 4 heterocycles. The lowest BCUT2D eigenvalue weighted by Crippen LogP contribution is -2.71. The third-order valence-corrected chi connectivity index (χ3v) is 8.40. The number of nitrogen functional groups attached to an aromatic ring is 1. The molecule has 2 aromatic rings. The maximum absolute atomic E-state index is 13.4. The van der Waals surface area contributed by atoms with Crippen LogP contribution in [0.15, 0.2) is 52.4 Å². The van der Waals surface area contributed by atoms with Gasteiger partial charge in [-0.25, -0.2) is 14.6 Å². The monoisotopic (exact) mass is 630 g/mol. The molecule has 2 aromatic heterocycles. The quantitative estimate of drug-likeness (QED) is 0.0821. The largest absolute Gasteiger partial charge is 0.511 e. The number of carbonyl (C=O) groups is 4. The van der Waals surface area contributed by atoms with E-state index >= 15 is 0 Å². The van der Waals surface area contributed by atoms with Crippen LogP contribution in [0.2, 0.25) is 0 Å². The van der Waals surface area contributed by atoms with E-state index in [0.29, 0.717) is 18.4 Å². The minimum Gasteiger partial charge on any atom is -0.431 e. The Kier molecular flexibility index (Phi) is 10.4. The topological polar surface area (TPSA) is 196 Å². The molecule has 0 spiro atoms. The number of fused-ring (bicyclic) bond motifs is 1. The van der Waals surface area contributed by atoms with E-state index < -0.39 is 47.4 Å². The van der Waals surface area contributed by atoms with Crippen molar-refractivity contribution in [2.75, 3.05) is 11.5 Å². The summed E-state index contributed by atoms with van der Waals surface area (Å²) in [6.45, 7) is 5.08. The van der Waals surface area contributed by atoms with Crippen LogP contribution in [0.4, 0.5) is 9.93 Å². The van der Waals surface area contributed by atoms with Gasteiger partial charge in [-0.3, -0.25) is 19.5 Å². The maximum atomic E-state index is 13.4. The van der Waals surface area contributed by atoms with Crippen LogP contribution in [0.1, 0.15) is 44.9 Å². The van der Waals surface area contributed by atoms with Crippen LogP contribution in [0.5, 0.6) is 0 Å². The van der Waals surface area contributed by atoms with Crippen molar-refractivity contribution in [1.29, 1.82) is 0 Å². The minimum atomic E-state index is -1.32. The van der Waals surface area contributed by atoms with E-state index in [4.69, 9.17) is 19.9 Å². The summed E-state index contributed by atoms with van der Waals surface area (Å²) in [5.41, 5.74) is 6.41. The van der Waals surface area contributed by atoms with Gasteiger partial charge < -0.3 is 30.5 Å². The number of thioether (sulfide) groups is 1. The molecule has 1 saturated heterocycles. The highest BCUT2D eigenvalue weighted by atomic mass is 32.2. The highest BCUT2D eigenvalue weighted by Crippen LogP contribution is 2.41. The van der Waals surface area contributed by atoms with Crippen LogP contribution in [0.3, 0.4) is 0 Å². The van der Waals surface area contributed by atoms with Crippen LogP contribution >= 0.6 is 23.1 Å². The van der Waals surface area contributed by atoms with Crippen molar-refractivity contribution >= 4 is 64.0 Å². The molecule has 0 bridgehead atoms. The molecule has 0 unspecified atom stereocenters. The number of amides is 2. The van der Waals surface area contributed by atoms with E-state index in [1.54, 1.807) is 30.6 Å². The number of esters is 1. The molecule has 14 nitrogen and oxygen atoms in total. The third-order valence-electron chi connectivity index (χ3n) is 6.43. The maximum Gasteiger partial charge on any atom is 0.511 e. The van der Waals surface area contributed by atoms with Crippen LogP contribution in [-0.2, 0) is 28.6 Å². The predicted molar refractivity (Wildman–Crippen MR) is 158 cm³/mol. The van der Waals surface area contributed by atoms with E-state index in [9.17, 15) is 24.4 Å². The summed E-state index contributed by atoms with van der Waals surface area (Å²) in [6.07, 6.45) is 5.21. The highest BCUT2D eigenvalue weighted by molar-refractivity contribution is 8.00. The Bertz CT molecular complexity index is 1460. The SMILES string of the molecule is CCC(CC)OC(=O)O[C@@H](C)OC(=O)C1=C(/C=C\c2cccnc2)CS[C@H]2[C@H](NC(=O)C(=NO)c3csc(N)n3)C(=O)N12. The predicted octanol–water partition coefficient (Wildman–Crippen LogP) is 2.90. The van der Waals surface area contributed by atoms with Gasteiger partial charge in [-0.15, -0.1) is 23.1 Å². The number of aromatic nitrogens is 2. The molecule has 2 aliphatic rings. The number of allylic oxidation sites excluding steroid dienone is 1. The molecule has 0 aliphatic carbocycles. The van der Waals surface area contributed by atoms with Gasteiger partial charge in [-0.05, 0) is 30.0 Å². The number of thiazole rings is 1. The second-order valence-electron chi connectivity index (χ2n) is 9.27. The van der Waals surface area contributed by atoms with E-state index in [-0.39, 0.29) is 28.4 Å². The number of nitrogens with two attached hydrogens (primary N) is 1. The van der Waals surface area contributed by atoms with Gasteiger partial charge in [0.2, 0.25) is 6.29 Å². The Labute approximate surface area is 255 Å². The van der Waals surface area contributed by atoms with Gasteiger partial charge >= 0.3 is 12.1 Å². The van der Waals surface area contributed by atoms with Crippen LogP contribution in [0, 0.1) is 0 Å². The van der Waals surface area contributed by atoms with Gasteiger partial charge in [-0.1, -0.05) is 37.2 Å². The van der Waals surface area contributed by atoms with Gasteiger partial charge in [0.1, 0.15) is 28.9 Å². The van der Waals surface area contributed by atoms with Gasteiger partial charge in [0.15, 0.2) is 10.8 Å². The summed E-state index contributed by atoms with van der Waals surface area (Å²) >= 11 is 2.36. The number of rotatable bonds is 11. The lowest BCUT2D eigenvalue weighted by Gasteiger charge is -2.49. The zero-order valence-corrected chi connectivity index (χ0v) is 25.1. The summed E-state index contributed by atoms with van der Waals surface area (Å²) in [5, 5.41) is 15.9. The van der Waals surface area contributed by atoms with E-state index in [1.165, 1.54) is 29.0 Å². The molecular weight excluding hydrogens is 600 g/mol. The van der Waals surface area contributed by atoms with Crippen molar-refractivity contribution in [2.45, 2.75) is 57.4 Å². The van der Waals surface area contributed by atoms with Crippen molar-refractivity contribution in [3.05, 3.63) is 58.5 Å². The summed E-state index contributed by atoms with van der Waals surface area (Å²) < 4.78 is 15.7. The second-order valence-corrected chi connectivity index (χ2v) is 11.3. The average molecular weight is 631 g/mol. The van der Waals surface area contributed by atoms with E-state index in [1.807, 2.05) is 19.9 Å². The fourth-order valence-corrected chi connectivity index (χ4v) is 6.10. The molecule has 4 N–H and O–H groups in total. The second kappa shape index (κ2) is 14.2. The Morgan fingerprint density at radius 2 is 2.02 bits per heavy atom. The Hall–Kier alpha value is -4.44. The van der Waals surface area contributed by atoms with Gasteiger partial charge in [0.25, 0.3) is 11.8 Å². The lowest BCUT2D eigenvalue weighted by atomic mass is 10.0. The summed E-state index contributed by atoms with van der Waals surface area (Å²) in [5.74, 6) is -2.08. The summed E-state index contributed by atoms with van der Waals surface area (Å²) in [7, 11) is 0. The van der Waals surface area contributed by atoms with Crippen molar-refractivity contribution in [3.8, 4) is 0 Å². The summed E-state index contributed by atoms with van der Waals surface area (Å²) in [4.78, 5) is 61.0. The number of hydrogen-bond acceptors (Lipinski definition) is 14. The minimum absolute atomic E-state index is 0.0473. The number of pyridine rings is 1. The molecule has 2 aliphatic heterocycles. The van der Waals surface area contributed by atoms with Crippen molar-refractivity contribution < 1.29 is 38.6 Å². The molecule has 16 heteroatoms. The van der Waals surface area contributed by atoms with Gasteiger partial charge in [0.05, 0.1) is 0 Å². The number of nitrogens with zero attached hydrogens (tertiary/aromatic N) is 4. The van der Waals surface area contributed by atoms with Crippen molar-refractivity contribution in [1.82, 2.24) is 20.2 Å². The molecule has 1 fully saturated rings. The lowest BCUT2D eigenvalue weighted by molar-refractivity contribution is -0.169. The number of ether oxygens (including phenoxy) is 3. The number of β-lactam (4-membered cyclic amide) rings is 1.